The Labute approximate surface area is 87.0 Å². The molecular formula is C8H14N4O3. The standard InChI is InChI=1S/C8H14N4O3/c1-8(2)3-5(11-12-9)6(4-15-8)10-7(13)14/h5-6,10H,3-4H2,1-2H3,(H,13,14)/t5-,6+/m0/s1. The third-order valence-electron chi connectivity index (χ3n) is 2.33. The summed E-state index contributed by atoms with van der Waals surface area (Å²) in [6.45, 7) is 3.98. The van der Waals surface area contributed by atoms with Crippen molar-refractivity contribution in [2.24, 2.45) is 5.11 Å². The Bertz CT molecular complexity index is 298. The average Bonchev–Trinajstić information content (AvgIpc) is 2.09. The van der Waals surface area contributed by atoms with Crippen LogP contribution in [0.25, 0.3) is 10.4 Å². The molecule has 0 aromatic rings. The maximum absolute atomic E-state index is 10.5. The highest BCUT2D eigenvalue weighted by Gasteiger charge is 2.35. The number of amides is 1. The molecule has 84 valence electrons. The molecule has 0 aromatic heterocycles. The Morgan fingerprint density at radius 1 is 1.73 bits per heavy atom. The normalized spacial score (nSPS) is 28.9. The first kappa shape index (κ1) is 11.6. The molecule has 0 unspecified atom stereocenters. The van der Waals surface area contributed by atoms with E-state index in [1.165, 1.54) is 0 Å². The number of nitrogens with one attached hydrogen (secondary N) is 1. The second kappa shape index (κ2) is 4.37. The van der Waals surface area contributed by atoms with Crippen molar-refractivity contribution < 1.29 is 14.6 Å². The zero-order valence-electron chi connectivity index (χ0n) is 8.67. The smallest absolute Gasteiger partial charge is 0.404 e. The molecule has 2 N–H and O–H groups in total. The van der Waals surface area contributed by atoms with E-state index in [0.717, 1.165) is 0 Å². The highest BCUT2D eigenvalue weighted by atomic mass is 16.5. The molecule has 1 amide bonds. The van der Waals surface area contributed by atoms with Gasteiger partial charge in [0.2, 0.25) is 0 Å². The fraction of sp³-hybridized carbons (Fsp3) is 0.875. The van der Waals surface area contributed by atoms with E-state index in [1.54, 1.807) is 0 Å². The summed E-state index contributed by atoms with van der Waals surface area (Å²) in [4.78, 5) is 13.2. The number of rotatable bonds is 2. The third-order valence-corrected chi connectivity index (χ3v) is 2.33. The summed E-state index contributed by atoms with van der Waals surface area (Å²) in [7, 11) is 0. The molecule has 1 fully saturated rings. The summed E-state index contributed by atoms with van der Waals surface area (Å²) < 4.78 is 5.45. The van der Waals surface area contributed by atoms with Gasteiger partial charge in [0.25, 0.3) is 0 Å². The molecule has 0 saturated carbocycles. The Morgan fingerprint density at radius 2 is 2.40 bits per heavy atom. The van der Waals surface area contributed by atoms with Crippen LogP contribution in [-0.4, -0.2) is 35.5 Å². The Hall–Kier alpha value is -1.46. The van der Waals surface area contributed by atoms with Gasteiger partial charge in [-0.25, -0.2) is 4.79 Å². The van der Waals surface area contributed by atoms with Gasteiger partial charge in [0, 0.05) is 4.91 Å². The lowest BCUT2D eigenvalue weighted by Gasteiger charge is -2.38. The first-order valence-corrected chi connectivity index (χ1v) is 4.62. The lowest BCUT2D eigenvalue weighted by Crippen LogP contribution is -2.53. The summed E-state index contributed by atoms with van der Waals surface area (Å²) >= 11 is 0. The monoisotopic (exact) mass is 214 g/mol. The van der Waals surface area contributed by atoms with Crippen molar-refractivity contribution >= 4 is 6.09 Å². The van der Waals surface area contributed by atoms with Gasteiger partial charge in [0.1, 0.15) is 0 Å². The van der Waals surface area contributed by atoms with Crippen LogP contribution in [-0.2, 0) is 4.74 Å². The van der Waals surface area contributed by atoms with Crippen LogP contribution in [0.2, 0.25) is 0 Å². The van der Waals surface area contributed by atoms with E-state index in [0.29, 0.717) is 6.42 Å². The van der Waals surface area contributed by atoms with Crippen molar-refractivity contribution in [1.29, 1.82) is 0 Å². The molecule has 0 radical (unpaired) electrons. The molecule has 0 bridgehead atoms. The van der Waals surface area contributed by atoms with Crippen LogP contribution >= 0.6 is 0 Å². The van der Waals surface area contributed by atoms with Gasteiger partial charge in [-0.2, -0.15) is 0 Å². The quantitative estimate of drug-likeness (QED) is 0.413. The van der Waals surface area contributed by atoms with Crippen LogP contribution in [0, 0.1) is 0 Å². The van der Waals surface area contributed by atoms with E-state index in [2.05, 4.69) is 15.3 Å². The Balaban J connectivity index is 2.71. The van der Waals surface area contributed by atoms with E-state index < -0.39 is 18.2 Å². The van der Waals surface area contributed by atoms with Crippen LogP contribution in [0.4, 0.5) is 4.79 Å². The molecule has 0 aromatic carbocycles. The van der Waals surface area contributed by atoms with E-state index in [4.69, 9.17) is 15.4 Å². The van der Waals surface area contributed by atoms with Gasteiger partial charge in [-0.15, -0.1) is 0 Å². The molecule has 1 heterocycles. The molecule has 0 spiro atoms. The van der Waals surface area contributed by atoms with Gasteiger partial charge in [-0.3, -0.25) is 0 Å². The van der Waals surface area contributed by atoms with E-state index in [9.17, 15) is 4.79 Å². The third kappa shape index (κ3) is 3.30. The Morgan fingerprint density at radius 3 is 2.93 bits per heavy atom. The zero-order chi connectivity index (χ0) is 11.5. The predicted molar refractivity (Wildman–Crippen MR) is 52.5 cm³/mol. The van der Waals surface area contributed by atoms with Crippen molar-refractivity contribution in [2.75, 3.05) is 6.61 Å². The zero-order valence-corrected chi connectivity index (χ0v) is 8.67. The molecular weight excluding hydrogens is 200 g/mol. The summed E-state index contributed by atoms with van der Waals surface area (Å²) in [6.07, 6.45) is -0.636. The molecule has 7 heteroatoms. The Kier molecular flexibility index (Phi) is 3.39. The van der Waals surface area contributed by atoms with Gasteiger partial charge in [-0.05, 0) is 25.8 Å². The molecule has 1 saturated heterocycles. The molecule has 1 aliphatic heterocycles. The molecule has 15 heavy (non-hydrogen) atoms. The number of ether oxygens (including phenoxy) is 1. The second-order valence-corrected chi connectivity index (χ2v) is 4.10. The van der Waals surface area contributed by atoms with Crippen LogP contribution < -0.4 is 5.32 Å². The molecule has 7 nitrogen and oxygen atoms in total. The fourth-order valence-corrected chi connectivity index (χ4v) is 1.62. The van der Waals surface area contributed by atoms with E-state index in [-0.39, 0.29) is 12.2 Å². The number of carbonyl (C=O) groups is 1. The van der Waals surface area contributed by atoms with Crippen molar-refractivity contribution in [3.63, 3.8) is 0 Å². The van der Waals surface area contributed by atoms with Crippen molar-refractivity contribution in [3.05, 3.63) is 10.4 Å². The first-order chi connectivity index (χ1) is 6.94. The second-order valence-electron chi connectivity index (χ2n) is 4.10. The average molecular weight is 214 g/mol. The summed E-state index contributed by atoms with van der Waals surface area (Å²) in [5, 5.41) is 14.4. The molecule has 1 aliphatic rings. The van der Waals surface area contributed by atoms with E-state index in [1.807, 2.05) is 13.8 Å². The van der Waals surface area contributed by atoms with E-state index >= 15 is 0 Å². The number of hydrogen-bond donors (Lipinski definition) is 2. The van der Waals surface area contributed by atoms with Crippen molar-refractivity contribution in [3.8, 4) is 0 Å². The fourth-order valence-electron chi connectivity index (χ4n) is 1.62. The first-order valence-electron chi connectivity index (χ1n) is 4.62. The van der Waals surface area contributed by atoms with Crippen molar-refractivity contribution in [1.82, 2.24) is 5.32 Å². The van der Waals surface area contributed by atoms with Gasteiger partial charge in [0.15, 0.2) is 0 Å². The minimum absolute atomic E-state index is 0.225. The number of hydrogen-bond acceptors (Lipinski definition) is 3. The number of nitrogens with zero attached hydrogens (tertiary/aromatic N) is 3. The van der Waals surface area contributed by atoms with Crippen LogP contribution in [0.15, 0.2) is 5.11 Å². The van der Waals surface area contributed by atoms with Gasteiger partial charge in [-0.1, -0.05) is 5.11 Å². The van der Waals surface area contributed by atoms with Gasteiger partial charge < -0.3 is 15.2 Å². The topological polar surface area (TPSA) is 107 Å². The lowest BCUT2D eigenvalue weighted by molar-refractivity contribution is -0.0715. The number of azide groups is 1. The summed E-state index contributed by atoms with van der Waals surface area (Å²) in [5.74, 6) is 0. The summed E-state index contributed by atoms with van der Waals surface area (Å²) in [5.41, 5.74) is 8.00. The SMILES string of the molecule is CC1(C)C[C@H](N=[N+]=[N-])[C@H](NC(=O)O)CO1. The van der Waals surface area contributed by atoms with Crippen LogP contribution in [0.3, 0.4) is 0 Å². The highest BCUT2D eigenvalue weighted by Crippen LogP contribution is 2.26. The molecule has 0 aliphatic carbocycles. The number of carboxylic acid groups (broad SMARTS) is 1. The maximum Gasteiger partial charge on any atom is 0.404 e. The largest absolute Gasteiger partial charge is 0.465 e. The van der Waals surface area contributed by atoms with Crippen LogP contribution in [0.5, 0.6) is 0 Å². The van der Waals surface area contributed by atoms with Crippen LogP contribution in [0.1, 0.15) is 20.3 Å². The minimum atomic E-state index is -1.14. The molecule has 2 atom stereocenters. The minimum Gasteiger partial charge on any atom is -0.465 e. The van der Waals surface area contributed by atoms with Gasteiger partial charge in [0.05, 0.1) is 24.3 Å². The predicted octanol–water partition coefficient (Wildman–Crippen LogP) is 1.50. The summed E-state index contributed by atoms with van der Waals surface area (Å²) in [6, 6.07) is -0.860. The lowest BCUT2D eigenvalue weighted by atomic mass is 9.91. The molecule has 1 rings (SSSR count). The van der Waals surface area contributed by atoms with Crippen molar-refractivity contribution in [2.45, 2.75) is 38.0 Å². The highest BCUT2D eigenvalue weighted by molar-refractivity contribution is 5.65. The van der Waals surface area contributed by atoms with Gasteiger partial charge >= 0.3 is 6.09 Å². The maximum atomic E-state index is 10.5.